The maximum Gasteiger partial charge on any atom is 0.156 e. The van der Waals surface area contributed by atoms with Gasteiger partial charge in [0.05, 0.1) is 0 Å². The molecule has 0 bridgehead atoms. The predicted molar refractivity (Wildman–Crippen MR) is 86.7 cm³/mol. The van der Waals surface area contributed by atoms with Gasteiger partial charge in [-0.15, -0.1) is 0 Å². The van der Waals surface area contributed by atoms with Crippen molar-refractivity contribution in [1.29, 1.82) is 0 Å². The van der Waals surface area contributed by atoms with E-state index in [0.29, 0.717) is 11.4 Å². The van der Waals surface area contributed by atoms with E-state index in [2.05, 4.69) is 20.0 Å². The lowest BCUT2D eigenvalue weighted by Gasteiger charge is -2.09. The lowest BCUT2D eigenvalue weighted by atomic mass is 10.1. The summed E-state index contributed by atoms with van der Waals surface area (Å²) in [5.41, 5.74) is 11.3. The summed E-state index contributed by atoms with van der Waals surface area (Å²) >= 11 is 6.28. The summed E-state index contributed by atoms with van der Waals surface area (Å²) in [6.07, 6.45) is 0. The third-order valence-electron chi connectivity index (χ3n) is 3.07. The Kier molecular flexibility index (Phi) is 4.01. The lowest BCUT2D eigenvalue weighted by molar-refractivity contribution is 1.18. The van der Waals surface area contributed by atoms with Crippen LogP contribution in [0.15, 0.2) is 65.8 Å². The average Bonchev–Trinajstić information content (AvgIpc) is 2.58. The van der Waals surface area contributed by atoms with Crippen LogP contribution in [0.5, 0.6) is 0 Å². The van der Waals surface area contributed by atoms with Gasteiger partial charge in [-0.25, -0.2) is 9.97 Å². The van der Waals surface area contributed by atoms with Crippen LogP contribution >= 0.6 is 11.6 Å². The van der Waals surface area contributed by atoms with E-state index in [0.717, 1.165) is 11.1 Å². The van der Waals surface area contributed by atoms with E-state index >= 15 is 0 Å². The van der Waals surface area contributed by atoms with Crippen molar-refractivity contribution in [2.45, 2.75) is 0 Å². The highest BCUT2D eigenvalue weighted by Gasteiger charge is 2.14. The number of benzene rings is 2. The van der Waals surface area contributed by atoms with E-state index in [1.807, 2.05) is 60.7 Å². The van der Waals surface area contributed by atoms with Crippen LogP contribution in [0.1, 0.15) is 0 Å². The second kappa shape index (κ2) is 6.26. The summed E-state index contributed by atoms with van der Waals surface area (Å²) in [5, 5.41) is 3.92. The molecule has 2 aromatic carbocycles. The maximum atomic E-state index is 8.78. The number of rotatable bonds is 3. The van der Waals surface area contributed by atoms with E-state index in [4.69, 9.17) is 17.1 Å². The maximum absolute atomic E-state index is 8.78. The molecule has 0 aliphatic rings. The van der Waals surface area contributed by atoms with Gasteiger partial charge in [0, 0.05) is 16.0 Å². The SMILES string of the molecule is [N-]=[N+]=Nc1nc(-c2ccccc2)c(Cl)nc1-c1ccccc1. The molecule has 0 aliphatic heterocycles. The zero-order chi connectivity index (χ0) is 15.4. The fourth-order valence-electron chi connectivity index (χ4n) is 2.09. The molecule has 0 N–H and O–H groups in total. The molecule has 22 heavy (non-hydrogen) atoms. The Bertz CT molecular complexity index is 843. The molecule has 5 nitrogen and oxygen atoms in total. The van der Waals surface area contributed by atoms with Gasteiger partial charge < -0.3 is 0 Å². The third kappa shape index (κ3) is 2.76. The molecular weight excluding hydrogens is 298 g/mol. The van der Waals surface area contributed by atoms with Crippen molar-refractivity contribution < 1.29 is 0 Å². The molecule has 6 heteroatoms. The van der Waals surface area contributed by atoms with Gasteiger partial charge in [-0.1, -0.05) is 72.3 Å². The first-order chi connectivity index (χ1) is 10.8. The Morgan fingerprint density at radius 2 is 1.36 bits per heavy atom. The van der Waals surface area contributed by atoms with E-state index in [-0.39, 0.29) is 11.0 Å². The van der Waals surface area contributed by atoms with Crippen molar-refractivity contribution in [3.05, 3.63) is 76.3 Å². The summed E-state index contributed by atoms with van der Waals surface area (Å²) in [6, 6.07) is 18.8. The summed E-state index contributed by atoms with van der Waals surface area (Å²) in [5.74, 6) is 0.206. The van der Waals surface area contributed by atoms with E-state index in [9.17, 15) is 0 Å². The van der Waals surface area contributed by atoms with Crippen molar-refractivity contribution in [2.75, 3.05) is 0 Å². The summed E-state index contributed by atoms with van der Waals surface area (Å²) in [7, 11) is 0. The highest BCUT2D eigenvalue weighted by Crippen LogP contribution is 2.33. The van der Waals surface area contributed by atoms with Crippen LogP contribution in [-0.2, 0) is 0 Å². The first-order valence-electron chi connectivity index (χ1n) is 6.53. The van der Waals surface area contributed by atoms with Gasteiger partial charge in [-0.05, 0) is 10.6 Å². The molecule has 3 rings (SSSR count). The second-order valence-corrected chi connectivity index (χ2v) is 4.81. The van der Waals surface area contributed by atoms with Crippen LogP contribution in [0.2, 0.25) is 5.15 Å². The number of hydrogen-bond acceptors (Lipinski definition) is 3. The summed E-state index contributed by atoms with van der Waals surface area (Å²) in [6.45, 7) is 0. The minimum Gasteiger partial charge on any atom is -0.241 e. The second-order valence-electron chi connectivity index (χ2n) is 4.46. The first-order valence-corrected chi connectivity index (χ1v) is 6.91. The van der Waals surface area contributed by atoms with E-state index < -0.39 is 0 Å². The van der Waals surface area contributed by atoms with E-state index in [1.165, 1.54) is 0 Å². The van der Waals surface area contributed by atoms with Crippen LogP contribution < -0.4 is 0 Å². The van der Waals surface area contributed by atoms with Gasteiger partial charge in [0.15, 0.2) is 11.0 Å². The predicted octanol–water partition coefficient (Wildman–Crippen LogP) is 5.41. The monoisotopic (exact) mass is 307 g/mol. The minimum atomic E-state index is 0.206. The lowest BCUT2D eigenvalue weighted by Crippen LogP contribution is -1.93. The van der Waals surface area contributed by atoms with Crippen molar-refractivity contribution in [3.63, 3.8) is 0 Å². The van der Waals surface area contributed by atoms with Crippen molar-refractivity contribution >= 4 is 17.4 Å². The van der Waals surface area contributed by atoms with E-state index in [1.54, 1.807) is 0 Å². The molecule has 0 atom stereocenters. The number of azide groups is 1. The van der Waals surface area contributed by atoms with Crippen LogP contribution in [0.3, 0.4) is 0 Å². The minimum absolute atomic E-state index is 0.206. The average molecular weight is 308 g/mol. The largest absolute Gasteiger partial charge is 0.241 e. The zero-order valence-corrected chi connectivity index (χ0v) is 12.1. The number of aromatic nitrogens is 2. The summed E-state index contributed by atoms with van der Waals surface area (Å²) < 4.78 is 0. The van der Waals surface area contributed by atoms with Gasteiger partial charge in [-0.3, -0.25) is 0 Å². The highest BCUT2D eigenvalue weighted by atomic mass is 35.5. The normalized spacial score (nSPS) is 10.0. The molecule has 0 radical (unpaired) electrons. The van der Waals surface area contributed by atoms with Crippen LogP contribution in [0.25, 0.3) is 33.0 Å². The zero-order valence-electron chi connectivity index (χ0n) is 11.4. The topological polar surface area (TPSA) is 74.5 Å². The highest BCUT2D eigenvalue weighted by molar-refractivity contribution is 6.32. The Labute approximate surface area is 131 Å². The molecular formula is C16H10ClN5. The van der Waals surface area contributed by atoms with Crippen LogP contribution in [-0.4, -0.2) is 9.97 Å². The molecule has 0 saturated carbocycles. The molecule has 0 fully saturated rings. The molecule has 0 aliphatic carbocycles. The smallest absolute Gasteiger partial charge is 0.156 e. The fourth-order valence-corrected chi connectivity index (χ4v) is 2.32. The Balaban J connectivity index is 2.22. The fraction of sp³-hybridized carbons (Fsp3) is 0. The molecule has 1 aromatic heterocycles. The van der Waals surface area contributed by atoms with Crippen molar-refractivity contribution in [2.24, 2.45) is 5.11 Å². The molecule has 0 amide bonds. The van der Waals surface area contributed by atoms with Crippen LogP contribution in [0.4, 0.5) is 5.82 Å². The Hall–Kier alpha value is -2.88. The molecule has 106 valence electrons. The number of halogens is 1. The summed E-state index contributed by atoms with van der Waals surface area (Å²) in [4.78, 5) is 11.6. The van der Waals surface area contributed by atoms with Gasteiger partial charge in [-0.2, -0.15) is 0 Å². The van der Waals surface area contributed by atoms with Gasteiger partial charge in [0.1, 0.15) is 11.4 Å². The van der Waals surface area contributed by atoms with Crippen LogP contribution in [0, 0.1) is 0 Å². The van der Waals surface area contributed by atoms with Gasteiger partial charge in [0.2, 0.25) is 0 Å². The van der Waals surface area contributed by atoms with Crippen molar-refractivity contribution in [3.8, 4) is 22.5 Å². The van der Waals surface area contributed by atoms with Gasteiger partial charge in [0.25, 0.3) is 0 Å². The molecule has 0 unspecified atom stereocenters. The molecule has 0 saturated heterocycles. The third-order valence-corrected chi connectivity index (χ3v) is 3.33. The Morgan fingerprint density at radius 1 is 0.818 bits per heavy atom. The first kappa shape index (κ1) is 14.1. The number of hydrogen-bond donors (Lipinski definition) is 0. The Morgan fingerprint density at radius 3 is 1.91 bits per heavy atom. The molecule has 1 heterocycles. The number of nitrogens with zero attached hydrogens (tertiary/aromatic N) is 5. The molecule has 3 aromatic rings. The quantitative estimate of drug-likeness (QED) is 0.369. The molecule has 0 spiro atoms. The van der Waals surface area contributed by atoms with Gasteiger partial charge >= 0.3 is 0 Å². The standard InChI is InChI=1S/C16H10ClN5/c17-15-13(11-7-3-1-4-8-11)20-16(21-22-18)14(19-15)12-9-5-2-6-10-12/h1-10H. The van der Waals surface area contributed by atoms with Crippen molar-refractivity contribution in [1.82, 2.24) is 9.97 Å².